The van der Waals surface area contributed by atoms with E-state index in [1.807, 2.05) is 34.1 Å². The number of piperidine rings is 1. The average Bonchev–Trinajstić information content (AvgIpc) is 3.26. The number of rotatable bonds is 4. The molecule has 0 bridgehead atoms. The summed E-state index contributed by atoms with van der Waals surface area (Å²) in [5.74, 6) is 1.30. The van der Waals surface area contributed by atoms with Crippen molar-refractivity contribution in [2.45, 2.75) is 45.6 Å². The Morgan fingerprint density at radius 2 is 2.00 bits per heavy atom. The zero-order valence-corrected chi connectivity index (χ0v) is 15.8. The highest BCUT2D eigenvalue weighted by Crippen LogP contribution is 2.49. The van der Waals surface area contributed by atoms with Gasteiger partial charge in [-0.15, -0.1) is 0 Å². The van der Waals surface area contributed by atoms with Crippen LogP contribution in [0.3, 0.4) is 0 Å². The van der Waals surface area contributed by atoms with E-state index in [1.54, 1.807) is 7.11 Å². The van der Waals surface area contributed by atoms with Gasteiger partial charge in [-0.05, 0) is 49.8 Å². The van der Waals surface area contributed by atoms with E-state index in [4.69, 9.17) is 4.74 Å². The highest BCUT2D eigenvalue weighted by molar-refractivity contribution is 5.88. The first kappa shape index (κ1) is 17.4. The first-order chi connectivity index (χ1) is 12.5. The number of hydrogen-bond acceptors (Lipinski definition) is 3. The molecule has 1 unspecified atom stereocenters. The van der Waals surface area contributed by atoms with Crippen LogP contribution in [0, 0.1) is 10.8 Å². The normalized spacial score (nSPS) is 27.1. The van der Waals surface area contributed by atoms with Gasteiger partial charge < -0.3 is 14.5 Å². The van der Waals surface area contributed by atoms with Gasteiger partial charge in [0, 0.05) is 31.6 Å². The predicted molar refractivity (Wildman–Crippen MR) is 98.6 cm³/mol. The van der Waals surface area contributed by atoms with Crippen molar-refractivity contribution in [3.63, 3.8) is 0 Å². The Labute approximate surface area is 155 Å². The standard InChI is InChI=1S/C21H28N2O3/c1-20(8-9-20)18(24)23-12-10-21(15-23)7-4-11-22(19(21)25)14-16-5-3-6-17(13-16)26-2/h3,5-6,13H,4,7-12,14-15H2,1-2H3. The fourth-order valence-corrected chi connectivity index (χ4v) is 4.50. The molecule has 5 nitrogen and oxygen atoms in total. The molecule has 1 saturated carbocycles. The summed E-state index contributed by atoms with van der Waals surface area (Å²) in [5.41, 5.74) is 0.577. The quantitative estimate of drug-likeness (QED) is 0.833. The lowest BCUT2D eigenvalue weighted by atomic mass is 9.78. The van der Waals surface area contributed by atoms with E-state index >= 15 is 0 Å². The van der Waals surface area contributed by atoms with Crippen molar-refractivity contribution in [1.29, 1.82) is 0 Å². The summed E-state index contributed by atoms with van der Waals surface area (Å²) in [7, 11) is 1.66. The molecule has 0 N–H and O–H groups in total. The maximum absolute atomic E-state index is 13.3. The van der Waals surface area contributed by atoms with Gasteiger partial charge in [-0.1, -0.05) is 19.1 Å². The fourth-order valence-electron chi connectivity index (χ4n) is 4.50. The summed E-state index contributed by atoms with van der Waals surface area (Å²) in [5, 5.41) is 0. The van der Waals surface area contributed by atoms with E-state index in [0.29, 0.717) is 13.1 Å². The molecule has 26 heavy (non-hydrogen) atoms. The second kappa shape index (κ2) is 6.29. The Morgan fingerprint density at radius 1 is 1.19 bits per heavy atom. The van der Waals surface area contributed by atoms with Crippen LogP contribution in [0.4, 0.5) is 0 Å². The number of likely N-dealkylation sites (tertiary alicyclic amines) is 2. The minimum absolute atomic E-state index is 0.149. The molecule has 4 rings (SSSR count). The molecule has 140 valence electrons. The SMILES string of the molecule is COc1cccc(CN2CCCC3(CCN(C(=O)C4(C)CC4)C3)C2=O)c1. The minimum Gasteiger partial charge on any atom is -0.497 e. The van der Waals surface area contributed by atoms with E-state index < -0.39 is 0 Å². The van der Waals surface area contributed by atoms with Crippen molar-refractivity contribution in [2.75, 3.05) is 26.7 Å². The van der Waals surface area contributed by atoms with Crippen molar-refractivity contribution in [2.24, 2.45) is 10.8 Å². The van der Waals surface area contributed by atoms with Gasteiger partial charge in [0.25, 0.3) is 0 Å². The molecule has 2 heterocycles. The smallest absolute Gasteiger partial charge is 0.230 e. The maximum atomic E-state index is 13.3. The number of nitrogens with zero attached hydrogens (tertiary/aromatic N) is 2. The third-order valence-electron chi connectivity index (χ3n) is 6.49. The van der Waals surface area contributed by atoms with Crippen molar-refractivity contribution >= 4 is 11.8 Å². The number of carbonyl (C=O) groups excluding carboxylic acids is 2. The Bertz CT molecular complexity index is 728. The minimum atomic E-state index is -0.363. The molecule has 5 heteroatoms. The van der Waals surface area contributed by atoms with Gasteiger partial charge in [-0.2, -0.15) is 0 Å². The largest absolute Gasteiger partial charge is 0.497 e. The summed E-state index contributed by atoms with van der Waals surface area (Å²) in [6.45, 7) is 4.80. The first-order valence-electron chi connectivity index (χ1n) is 9.68. The molecule has 1 spiro atoms. The van der Waals surface area contributed by atoms with Crippen LogP contribution in [0.15, 0.2) is 24.3 Å². The van der Waals surface area contributed by atoms with E-state index in [9.17, 15) is 9.59 Å². The number of benzene rings is 1. The van der Waals surface area contributed by atoms with Crippen LogP contribution in [0.25, 0.3) is 0 Å². The first-order valence-corrected chi connectivity index (χ1v) is 9.68. The van der Waals surface area contributed by atoms with Gasteiger partial charge in [-0.25, -0.2) is 0 Å². The Balaban J connectivity index is 1.47. The molecule has 1 aromatic carbocycles. The molecule has 0 aromatic heterocycles. The third-order valence-corrected chi connectivity index (χ3v) is 6.49. The van der Waals surface area contributed by atoms with Crippen molar-refractivity contribution in [3.05, 3.63) is 29.8 Å². The van der Waals surface area contributed by atoms with E-state index in [2.05, 4.69) is 6.92 Å². The van der Waals surface area contributed by atoms with Crippen molar-refractivity contribution in [1.82, 2.24) is 9.80 Å². The number of ether oxygens (including phenoxy) is 1. The zero-order chi connectivity index (χ0) is 18.4. The van der Waals surface area contributed by atoms with Crippen LogP contribution in [0.2, 0.25) is 0 Å². The number of carbonyl (C=O) groups is 2. The van der Waals surface area contributed by atoms with Crippen LogP contribution in [-0.4, -0.2) is 48.4 Å². The lowest BCUT2D eigenvalue weighted by molar-refractivity contribution is -0.147. The summed E-state index contributed by atoms with van der Waals surface area (Å²) in [6, 6.07) is 7.91. The Kier molecular flexibility index (Phi) is 4.20. The molecule has 1 aromatic rings. The molecule has 1 aliphatic carbocycles. The predicted octanol–water partition coefficient (Wildman–Crippen LogP) is 2.84. The van der Waals surface area contributed by atoms with Crippen LogP contribution in [0.1, 0.15) is 44.6 Å². The molecule has 2 saturated heterocycles. The van der Waals surface area contributed by atoms with E-state index in [0.717, 1.165) is 56.5 Å². The highest BCUT2D eigenvalue weighted by atomic mass is 16.5. The molecular weight excluding hydrogens is 328 g/mol. The summed E-state index contributed by atoms with van der Waals surface area (Å²) in [4.78, 5) is 29.9. The number of hydrogen-bond donors (Lipinski definition) is 0. The topological polar surface area (TPSA) is 49.9 Å². The lowest BCUT2D eigenvalue weighted by Crippen LogP contribution is -2.50. The summed E-state index contributed by atoms with van der Waals surface area (Å²) < 4.78 is 5.29. The maximum Gasteiger partial charge on any atom is 0.230 e. The van der Waals surface area contributed by atoms with Crippen LogP contribution >= 0.6 is 0 Å². The molecule has 1 atom stereocenters. The fraction of sp³-hybridized carbons (Fsp3) is 0.619. The number of amides is 2. The molecule has 2 amide bonds. The van der Waals surface area contributed by atoms with Crippen LogP contribution in [0.5, 0.6) is 5.75 Å². The molecule has 3 fully saturated rings. The molecule has 2 aliphatic heterocycles. The van der Waals surface area contributed by atoms with Crippen molar-refractivity contribution < 1.29 is 14.3 Å². The monoisotopic (exact) mass is 356 g/mol. The molecule has 3 aliphatic rings. The molecule has 0 radical (unpaired) electrons. The second-order valence-corrected chi connectivity index (χ2v) is 8.50. The summed E-state index contributed by atoms with van der Waals surface area (Å²) >= 11 is 0. The second-order valence-electron chi connectivity index (χ2n) is 8.50. The highest BCUT2D eigenvalue weighted by Gasteiger charge is 2.54. The van der Waals surface area contributed by atoms with Crippen LogP contribution < -0.4 is 4.74 Å². The van der Waals surface area contributed by atoms with Crippen LogP contribution in [-0.2, 0) is 16.1 Å². The van der Waals surface area contributed by atoms with E-state index in [-0.39, 0.29) is 22.6 Å². The Hall–Kier alpha value is -2.04. The lowest BCUT2D eigenvalue weighted by Gasteiger charge is -2.39. The van der Waals surface area contributed by atoms with E-state index in [1.165, 1.54) is 0 Å². The van der Waals surface area contributed by atoms with Gasteiger partial charge in [0.15, 0.2) is 0 Å². The molecular formula is C21H28N2O3. The van der Waals surface area contributed by atoms with Gasteiger partial charge in [0.2, 0.25) is 11.8 Å². The third kappa shape index (κ3) is 2.97. The van der Waals surface area contributed by atoms with Crippen molar-refractivity contribution in [3.8, 4) is 5.75 Å². The van der Waals surface area contributed by atoms with Gasteiger partial charge in [0.05, 0.1) is 12.5 Å². The zero-order valence-electron chi connectivity index (χ0n) is 15.8. The summed E-state index contributed by atoms with van der Waals surface area (Å²) in [6.07, 6.45) is 4.70. The average molecular weight is 356 g/mol. The number of methoxy groups -OCH3 is 1. The van der Waals surface area contributed by atoms with Gasteiger partial charge >= 0.3 is 0 Å². The van der Waals surface area contributed by atoms with Gasteiger partial charge in [-0.3, -0.25) is 9.59 Å². The Morgan fingerprint density at radius 3 is 2.73 bits per heavy atom. The van der Waals surface area contributed by atoms with Gasteiger partial charge in [0.1, 0.15) is 5.75 Å².